The second-order valence-corrected chi connectivity index (χ2v) is 5.77. The molecule has 2 N–H and O–H groups in total. The maximum atomic E-state index is 12.8. The van der Waals surface area contributed by atoms with Gasteiger partial charge in [0.05, 0.1) is 5.69 Å². The number of rotatable bonds is 2. The summed E-state index contributed by atoms with van der Waals surface area (Å²) in [5.74, 6) is -0.330. The SMILES string of the molecule is O=C(Nc1ccc(F)cc1)Nc1nc2c(s1)CCCC2. The molecule has 1 aliphatic rings. The monoisotopic (exact) mass is 291 g/mol. The Balaban J connectivity index is 1.63. The van der Waals surface area contributed by atoms with Gasteiger partial charge in [-0.25, -0.2) is 14.2 Å². The topological polar surface area (TPSA) is 54.0 Å². The third-order valence-electron chi connectivity index (χ3n) is 3.17. The first-order chi connectivity index (χ1) is 9.70. The summed E-state index contributed by atoms with van der Waals surface area (Å²) >= 11 is 1.53. The highest BCUT2D eigenvalue weighted by Crippen LogP contribution is 2.29. The minimum absolute atomic E-state index is 0.330. The number of hydrogen-bond donors (Lipinski definition) is 2. The van der Waals surface area contributed by atoms with Gasteiger partial charge in [-0.1, -0.05) is 0 Å². The number of amides is 2. The van der Waals surface area contributed by atoms with Gasteiger partial charge in [0.15, 0.2) is 5.13 Å². The molecule has 0 unspecified atom stereocenters. The van der Waals surface area contributed by atoms with E-state index in [1.54, 1.807) is 0 Å². The van der Waals surface area contributed by atoms with Gasteiger partial charge in [-0.2, -0.15) is 0 Å². The van der Waals surface area contributed by atoms with Crippen molar-refractivity contribution in [3.63, 3.8) is 0 Å². The van der Waals surface area contributed by atoms with Crippen LogP contribution in [0.2, 0.25) is 0 Å². The lowest BCUT2D eigenvalue weighted by atomic mass is 10.0. The lowest BCUT2D eigenvalue weighted by Crippen LogP contribution is -2.19. The second-order valence-electron chi connectivity index (χ2n) is 4.68. The van der Waals surface area contributed by atoms with Crippen molar-refractivity contribution < 1.29 is 9.18 Å². The van der Waals surface area contributed by atoms with Crippen LogP contribution >= 0.6 is 11.3 Å². The van der Waals surface area contributed by atoms with Crippen molar-refractivity contribution in [1.29, 1.82) is 0 Å². The largest absolute Gasteiger partial charge is 0.325 e. The summed E-state index contributed by atoms with van der Waals surface area (Å²) in [7, 11) is 0. The van der Waals surface area contributed by atoms with Crippen LogP contribution in [0, 0.1) is 5.82 Å². The molecule has 1 aliphatic carbocycles. The number of anilines is 2. The number of carbonyl (C=O) groups excluding carboxylic acids is 1. The number of nitrogens with zero attached hydrogens (tertiary/aromatic N) is 1. The molecular weight excluding hydrogens is 277 g/mol. The van der Waals surface area contributed by atoms with Gasteiger partial charge in [-0.05, 0) is 49.9 Å². The number of fused-ring (bicyclic) bond motifs is 1. The Bertz CT molecular complexity index is 600. The average molecular weight is 291 g/mol. The fourth-order valence-electron chi connectivity index (χ4n) is 2.20. The van der Waals surface area contributed by atoms with Crippen molar-refractivity contribution in [3.05, 3.63) is 40.7 Å². The summed E-state index contributed by atoms with van der Waals surface area (Å²) in [6, 6.07) is 5.28. The van der Waals surface area contributed by atoms with E-state index >= 15 is 0 Å². The fourth-order valence-corrected chi connectivity index (χ4v) is 3.24. The molecule has 20 heavy (non-hydrogen) atoms. The molecule has 0 aliphatic heterocycles. The molecule has 0 saturated heterocycles. The minimum atomic E-state index is -0.359. The minimum Gasteiger partial charge on any atom is -0.308 e. The number of hydrogen-bond acceptors (Lipinski definition) is 3. The normalized spacial score (nSPS) is 13.7. The van der Waals surface area contributed by atoms with Crippen molar-refractivity contribution in [2.45, 2.75) is 25.7 Å². The zero-order valence-electron chi connectivity index (χ0n) is 10.8. The molecule has 0 atom stereocenters. The van der Waals surface area contributed by atoms with E-state index in [0.717, 1.165) is 25.0 Å². The van der Waals surface area contributed by atoms with Crippen LogP contribution in [0.25, 0.3) is 0 Å². The van der Waals surface area contributed by atoms with Crippen LogP contribution in [-0.4, -0.2) is 11.0 Å². The van der Waals surface area contributed by atoms with Gasteiger partial charge in [-0.15, -0.1) is 11.3 Å². The lowest BCUT2D eigenvalue weighted by molar-refractivity contribution is 0.262. The molecule has 2 aromatic rings. The highest BCUT2D eigenvalue weighted by atomic mass is 32.1. The van der Waals surface area contributed by atoms with Crippen LogP contribution in [0.3, 0.4) is 0 Å². The van der Waals surface area contributed by atoms with E-state index in [1.807, 2.05) is 0 Å². The van der Waals surface area contributed by atoms with E-state index in [0.29, 0.717) is 10.8 Å². The zero-order chi connectivity index (χ0) is 13.9. The van der Waals surface area contributed by atoms with Crippen LogP contribution in [0.5, 0.6) is 0 Å². The first-order valence-electron chi connectivity index (χ1n) is 6.53. The molecule has 0 radical (unpaired) electrons. The number of nitrogens with one attached hydrogen (secondary N) is 2. The summed E-state index contributed by atoms with van der Waals surface area (Å²) < 4.78 is 12.8. The Kier molecular flexibility index (Phi) is 3.64. The molecule has 104 valence electrons. The molecule has 3 rings (SSSR count). The first-order valence-corrected chi connectivity index (χ1v) is 7.34. The molecule has 1 aromatic carbocycles. The van der Waals surface area contributed by atoms with Gasteiger partial charge in [0.25, 0.3) is 0 Å². The number of benzene rings is 1. The number of carbonyl (C=O) groups is 1. The third-order valence-corrected chi connectivity index (χ3v) is 4.24. The van der Waals surface area contributed by atoms with E-state index in [2.05, 4.69) is 15.6 Å². The Morgan fingerprint density at radius 1 is 1.15 bits per heavy atom. The first kappa shape index (κ1) is 13.1. The van der Waals surface area contributed by atoms with Gasteiger partial charge >= 0.3 is 6.03 Å². The Hall–Kier alpha value is -1.95. The number of aromatic nitrogens is 1. The van der Waals surface area contributed by atoms with Crippen molar-refractivity contribution in [1.82, 2.24) is 4.98 Å². The third kappa shape index (κ3) is 2.96. The molecule has 0 spiro atoms. The number of urea groups is 1. The molecule has 6 heteroatoms. The van der Waals surface area contributed by atoms with Gasteiger partial charge in [0.1, 0.15) is 5.82 Å². The van der Waals surface area contributed by atoms with Crippen LogP contribution < -0.4 is 10.6 Å². The zero-order valence-corrected chi connectivity index (χ0v) is 11.6. The number of thiazole rings is 1. The fraction of sp³-hybridized carbons (Fsp3) is 0.286. The number of aryl methyl sites for hydroxylation is 2. The summed E-state index contributed by atoms with van der Waals surface area (Å²) in [6.45, 7) is 0. The Labute approximate surface area is 120 Å². The summed E-state index contributed by atoms with van der Waals surface area (Å²) in [4.78, 5) is 17.5. The van der Waals surface area contributed by atoms with Gasteiger partial charge in [0.2, 0.25) is 0 Å². The lowest BCUT2D eigenvalue weighted by Gasteiger charge is -2.06. The maximum Gasteiger partial charge on any atom is 0.325 e. The summed E-state index contributed by atoms with van der Waals surface area (Å²) in [5, 5.41) is 6.00. The predicted molar refractivity (Wildman–Crippen MR) is 77.8 cm³/mol. The maximum absolute atomic E-state index is 12.8. The highest BCUT2D eigenvalue weighted by molar-refractivity contribution is 7.15. The quantitative estimate of drug-likeness (QED) is 0.884. The molecule has 4 nitrogen and oxygen atoms in total. The van der Waals surface area contributed by atoms with Gasteiger partial charge in [0, 0.05) is 10.6 Å². The van der Waals surface area contributed by atoms with Gasteiger partial charge < -0.3 is 5.32 Å². The van der Waals surface area contributed by atoms with Crippen LogP contribution in [0.1, 0.15) is 23.4 Å². The average Bonchev–Trinajstić information content (AvgIpc) is 2.83. The van der Waals surface area contributed by atoms with Crippen LogP contribution in [0.15, 0.2) is 24.3 Å². The second kappa shape index (κ2) is 5.58. The van der Waals surface area contributed by atoms with Crippen molar-refractivity contribution in [3.8, 4) is 0 Å². The molecular formula is C14H14FN3OS. The Morgan fingerprint density at radius 3 is 2.65 bits per heavy atom. The number of halogens is 1. The molecule has 0 saturated carbocycles. The molecule has 0 bridgehead atoms. The van der Waals surface area contributed by atoms with Crippen molar-refractivity contribution in [2.75, 3.05) is 10.6 Å². The van der Waals surface area contributed by atoms with Crippen molar-refractivity contribution in [2.24, 2.45) is 0 Å². The smallest absolute Gasteiger partial charge is 0.308 e. The van der Waals surface area contributed by atoms with E-state index in [-0.39, 0.29) is 11.8 Å². The van der Waals surface area contributed by atoms with E-state index in [4.69, 9.17) is 0 Å². The van der Waals surface area contributed by atoms with Crippen molar-refractivity contribution >= 4 is 28.2 Å². The van der Waals surface area contributed by atoms with Crippen LogP contribution in [-0.2, 0) is 12.8 Å². The predicted octanol–water partition coefficient (Wildman–Crippen LogP) is 3.81. The Morgan fingerprint density at radius 2 is 1.90 bits per heavy atom. The highest BCUT2D eigenvalue weighted by Gasteiger charge is 2.16. The van der Waals surface area contributed by atoms with E-state index in [9.17, 15) is 9.18 Å². The van der Waals surface area contributed by atoms with E-state index < -0.39 is 0 Å². The van der Waals surface area contributed by atoms with E-state index in [1.165, 1.54) is 46.9 Å². The molecule has 2 amide bonds. The van der Waals surface area contributed by atoms with Crippen LogP contribution in [0.4, 0.5) is 20.0 Å². The van der Waals surface area contributed by atoms with Gasteiger partial charge in [-0.3, -0.25) is 5.32 Å². The molecule has 1 aromatic heterocycles. The summed E-state index contributed by atoms with van der Waals surface area (Å²) in [5.41, 5.74) is 1.66. The summed E-state index contributed by atoms with van der Waals surface area (Å²) in [6.07, 6.45) is 4.40. The standard InChI is InChI=1S/C14H14FN3OS/c15-9-5-7-10(8-6-9)16-13(19)18-14-17-11-3-1-2-4-12(11)20-14/h5-8H,1-4H2,(H2,16,17,18,19). The molecule has 1 heterocycles. The molecule has 0 fully saturated rings.